The van der Waals surface area contributed by atoms with Gasteiger partial charge in [-0.1, -0.05) is 6.07 Å². The van der Waals surface area contributed by atoms with E-state index in [0.29, 0.717) is 11.1 Å². The monoisotopic (exact) mass is 385 g/mol. The first kappa shape index (κ1) is 17.1. The summed E-state index contributed by atoms with van der Waals surface area (Å²) in [6.45, 7) is 1.73. The molecule has 0 bridgehead atoms. The molecule has 142 valence electrons. The summed E-state index contributed by atoms with van der Waals surface area (Å²) in [7, 11) is 0. The molecule has 5 rings (SSSR count). The lowest BCUT2D eigenvalue weighted by Crippen LogP contribution is -2.43. The smallest absolute Gasteiger partial charge is 0.361 e. The van der Waals surface area contributed by atoms with Crippen molar-refractivity contribution in [1.29, 1.82) is 0 Å². The molecule has 0 saturated carbocycles. The van der Waals surface area contributed by atoms with Crippen molar-refractivity contribution in [3.05, 3.63) is 40.6 Å². The summed E-state index contributed by atoms with van der Waals surface area (Å²) in [5.74, 6) is 0. The lowest BCUT2D eigenvalue weighted by molar-refractivity contribution is 0.256. The number of benzene rings is 1. The van der Waals surface area contributed by atoms with Crippen LogP contribution < -0.4 is 15.4 Å². The van der Waals surface area contributed by atoms with Gasteiger partial charge in [-0.05, 0) is 60.8 Å². The maximum absolute atomic E-state index is 12.5. The van der Waals surface area contributed by atoms with E-state index in [0.717, 1.165) is 57.3 Å². The molecule has 1 unspecified atom stereocenters. The summed E-state index contributed by atoms with van der Waals surface area (Å²) in [5.41, 5.74) is 6.20. The van der Waals surface area contributed by atoms with Crippen LogP contribution in [0.4, 0.5) is 10.5 Å². The van der Waals surface area contributed by atoms with Crippen molar-refractivity contribution >= 4 is 23.1 Å². The van der Waals surface area contributed by atoms with E-state index in [1.165, 1.54) is 22.3 Å². The summed E-state index contributed by atoms with van der Waals surface area (Å²) < 4.78 is 16.9. The molecule has 0 radical (unpaired) electrons. The molecule has 7 nitrogen and oxygen atoms in total. The van der Waals surface area contributed by atoms with Crippen LogP contribution in [0.15, 0.2) is 23.4 Å². The molecule has 2 amide bonds. The number of hydrogen-bond acceptors (Lipinski definition) is 4. The molecule has 2 heterocycles. The molecule has 27 heavy (non-hydrogen) atoms. The standard InChI is InChI=1S/C19H23N5O2S/c25-19(23-27(26)17-7-8-24(22-17)14-10-20-11-14)21-18-15-5-1-3-12(15)9-13-4-2-6-16(13)18/h7-9,14,20H,1-6,10-11H2,(H2,21,23,25). The number of carbonyl (C=O) groups is 1. The number of amides is 2. The minimum atomic E-state index is -1.67. The second kappa shape index (κ2) is 6.85. The van der Waals surface area contributed by atoms with Crippen molar-refractivity contribution in [2.75, 3.05) is 18.4 Å². The van der Waals surface area contributed by atoms with Crippen LogP contribution in [-0.2, 0) is 37.0 Å². The van der Waals surface area contributed by atoms with Crippen LogP contribution in [0.1, 0.15) is 41.1 Å². The molecule has 1 aromatic carbocycles. The minimum absolute atomic E-state index is 0.305. The zero-order valence-corrected chi connectivity index (χ0v) is 15.9. The highest BCUT2D eigenvalue weighted by molar-refractivity contribution is 7.90. The Morgan fingerprint density at radius 3 is 2.52 bits per heavy atom. The quantitative estimate of drug-likeness (QED) is 0.700. The first-order valence-corrected chi connectivity index (χ1v) is 10.8. The van der Waals surface area contributed by atoms with E-state index in [4.69, 9.17) is 0 Å². The molecule has 2 aromatic rings. The van der Waals surface area contributed by atoms with E-state index in [9.17, 15) is 9.35 Å². The third-order valence-corrected chi connectivity index (χ3v) is 6.77. The van der Waals surface area contributed by atoms with Crippen molar-refractivity contribution in [3.8, 4) is 0 Å². The van der Waals surface area contributed by atoms with Crippen molar-refractivity contribution in [1.82, 2.24) is 19.8 Å². The highest BCUT2D eigenvalue weighted by Crippen LogP contribution is 2.38. The molecule has 1 fully saturated rings. The third kappa shape index (κ3) is 3.11. The van der Waals surface area contributed by atoms with Crippen LogP contribution in [-0.4, -0.2) is 33.5 Å². The number of hydrogen-bond donors (Lipinski definition) is 3. The Morgan fingerprint density at radius 1 is 1.19 bits per heavy atom. The van der Waals surface area contributed by atoms with Crippen molar-refractivity contribution in [2.24, 2.45) is 0 Å². The van der Waals surface area contributed by atoms with Crippen molar-refractivity contribution in [2.45, 2.75) is 49.6 Å². The average Bonchev–Trinajstić information content (AvgIpc) is 3.32. The molecular weight excluding hydrogens is 362 g/mol. The Bertz CT molecular complexity index is 860. The lowest BCUT2D eigenvalue weighted by Gasteiger charge is -2.26. The van der Waals surface area contributed by atoms with Crippen LogP contribution in [0.5, 0.6) is 0 Å². The average molecular weight is 385 g/mol. The highest BCUT2D eigenvalue weighted by atomic mass is 32.2. The second-order valence-electron chi connectivity index (χ2n) is 7.51. The SMILES string of the molecule is O=C(Nc1c2c(cc3c1CCC3)CCC2)N[S+]([O-])c1ccn(C2CNC2)n1. The number of nitrogens with one attached hydrogen (secondary N) is 3. The fourth-order valence-electron chi connectivity index (χ4n) is 4.33. The second-order valence-corrected chi connectivity index (χ2v) is 8.66. The molecule has 1 aromatic heterocycles. The Morgan fingerprint density at radius 2 is 1.89 bits per heavy atom. The van der Waals surface area contributed by atoms with E-state index >= 15 is 0 Å². The molecule has 0 spiro atoms. The molecule has 2 aliphatic carbocycles. The highest BCUT2D eigenvalue weighted by Gasteiger charge is 2.27. The minimum Gasteiger partial charge on any atom is -0.586 e. The molecule has 3 N–H and O–H groups in total. The topological polar surface area (TPSA) is 94.0 Å². The Hall–Kier alpha value is -2.03. The van der Waals surface area contributed by atoms with Gasteiger partial charge >= 0.3 is 6.03 Å². The van der Waals surface area contributed by atoms with Gasteiger partial charge in [0.1, 0.15) is 11.4 Å². The van der Waals surface area contributed by atoms with Gasteiger partial charge in [0.25, 0.3) is 5.03 Å². The number of nitrogens with zero attached hydrogens (tertiary/aromatic N) is 2. The molecular formula is C19H23N5O2S. The van der Waals surface area contributed by atoms with Gasteiger partial charge < -0.3 is 15.2 Å². The number of carbonyl (C=O) groups excluding carboxylic acids is 1. The molecule has 1 aliphatic heterocycles. The summed E-state index contributed by atoms with van der Waals surface area (Å²) in [4.78, 5) is 12.5. The Balaban J connectivity index is 1.30. The van der Waals surface area contributed by atoms with Crippen LogP contribution in [0.3, 0.4) is 0 Å². The Labute approximate surface area is 161 Å². The third-order valence-electron chi connectivity index (χ3n) is 5.80. The maximum Gasteiger partial charge on any atom is 0.361 e. The van der Waals surface area contributed by atoms with Gasteiger partial charge in [0.2, 0.25) is 0 Å². The van der Waals surface area contributed by atoms with Crippen LogP contribution in [0.25, 0.3) is 0 Å². The Kier molecular flexibility index (Phi) is 4.34. The number of aryl methyl sites for hydroxylation is 2. The van der Waals surface area contributed by atoms with Gasteiger partial charge in [0.05, 0.1) is 6.04 Å². The summed E-state index contributed by atoms with van der Waals surface area (Å²) in [6, 6.07) is 3.90. The van der Waals surface area contributed by atoms with Gasteiger partial charge in [-0.25, -0.2) is 4.79 Å². The van der Waals surface area contributed by atoms with Crippen LogP contribution in [0, 0.1) is 0 Å². The van der Waals surface area contributed by atoms with Crippen molar-refractivity contribution < 1.29 is 9.35 Å². The van der Waals surface area contributed by atoms with Gasteiger partial charge in [-0.2, -0.15) is 0 Å². The van der Waals surface area contributed by atoms with Gasteiger partial charge in [0, 0.05) is 31.0 Å². The zero-order chi connectivity index (χ0) is 18.4. The van der Waals surface area contributed by atoms with E-state index in [-0.39, 0.29) is 0 Å². The molecule has 8 heteroatoms. The van der Waals surface area contributed by atoms with E-state index in [1.54, 1.807) is 10.7 Å². The van der Waals surface area contributed by atoms with Crippen LogP contribution in [0.2, 0.25) is 0 Å². The first-order valence-electron chi connectivity index (χ1n) is 9.61. The van der Waals surface area contributed by atoms with Crippen LogP contribution >= 0.6 is 0 Å². The van der Waals surface area contributed by atoms with Crippen molar-refractivity contribution in [3.63, 3.8) is 0 Å². The predicted octanol–water partition coefficient (Wildman–Crippen LogP) is 1.85. The van der Waals surface area contributed by atoms with E-state index in [1.807, 2.05) is 6.20 Å². The van der Waals surface area contributed by atoms with E-state index < -0.39 is 17.4 Å². The number of fused-ring (bicyclic) bond motifs is 2. The fourth-order valence-corrected chi connectivity index (χ4v) is 5.00. The summed E-state index contributed by atoms with van der Waals surface area (Å²) in [5, 5.41) is 10.9. The number of urea groups is 1. The number of rotatable bonds is 4. The molecule has 3 aliphatic rings. The van der Waals surface area contributed by atoms with Gasteiger partial charge in [0.15, 0.2) is 0 Å². The fraction of sp³-hybridized carbons (Fsp3) is 0.474. The first-order chi connectivity index (χ1) is 13.2. The number of aromatic nitrogens is 2. The lowest BCUT2D eigenvalue weighted by atomic mass is 9.99. The molecule has 1 atom stereocenters. The normalized spacial score (nSPS) is 19.3. The molecule has 1 saturated heterocycles. The summed E-state index contributed by atoms with van der Waals surface area (Å²) >= 11 is -1.67. The summed E-state index contributed by atoms with van der Waals surface area (Å²) in [6.07, 6.45) is 8.25. The number of anilines is 1. The van der Waals surface area contributed by atoms with E-state index in [2.05, 4.69) is 26.5 Å². The largest absolute Gasteiger partial charge is 0.586 e. The zero-order valence-electron chi connectivity index (χ0n) is 15.1. The predicted molar refractivity (Wildman–Crippen MR) is 103 cm³/mol. The maximum atomic E-state index is 12.5. The van der Waals surface area contributed by atoms with Gasteiger partial charge in [-0.15, -0.1) is 9.82 Å². The van der Waals surface area contributed by atoms with Gasteiger partial charge in [-0.3, -0.25) is 4.68 Å².